The minimum absolute atomic E-state index is 0.0426. The molecule has 0 aliphatic heterocycles. The first-order valence-electron chi connectivity index (χ1n) is 9.10. The third-order valence-corrected chi connectivity index (χ3v) is 4.50. The Morgan fingerprint density at radius 3 is 2.35 bits per heavy atom. The van der Waals surface area contributed by atoms with Gasteiger partial charge in [0.1, 0.15) is 12.7 Å². The standard InChI is InChI=1S/C20H22ClF3N2O5/c1-30-17-6-13(16(21)7-18(17)31-11-15(28)10-27)9-26-19(29)25-8-12-2-4-14(5-3-12)20(22,23)24/h2-7,15,27-28H,8-11H2,1H3,(H2,25,26,29)/t15-/m1/s1. The van der Waals surface area contributed by atoms with E-state index < -0.39 is 30.5 Å². The van der Waals surface area contributed by atoms with Crippen LogP contribution in [0.15, 0.2) is 36.4 Å². The molecule has 0 saturated heterocycles. The summed E-state index contributed by atoms with van der Waals surface area (Å²) in [6.07, 6.45) is -5.47. The topological polar surface area (TPSA) is 100 Å². The summed E-state index contributed by atoms with van der Waals surface area (Å²) < 4.78 is 48.3. The van der Waals surface area contributed by atoms with E-state index in [1.54, 1.807) is 6.07 Å². The summed E-state index contributed by atoms with van der Waals surface area (Å²) in [6, 6.07) is 6.95. The van der Waals surface area contributed by atoms with Crippen LogP contribution in [0.3, 0.4) is 0 Å². The Morgan fingerprint density at radius 1 is 1.13 bits per heavy atom. The number of nitrogens with one attached hydrogen (secondary N) is 2. The molecule has 0 bridgehead atoms. The number of carbonyl (C=O) groups is 1. The number of hydrogen-bond acceptors (Lipinski definition) is 5. The number of aliphatic hydroxyl groups excluding tert-OH is 2. The second kappa shape index (κ2) is 11.1. The molecule has 0 saturated carbocycles. The maximum absolute atomic E-state index is 12.6. The van der Waals surface area contributed by atoms with E-state index in [1.165, 1.54) is 25.3 Å². The Kier molecular flexibility index (Phi) is 8.78. The Bertz CT molecular complexity index is 878. The van der Waals surface area contributed by atoms with Crippen LogP contribution in [0.1, 0.15) is 16.7 Å². The second-order valence-electron chi connectivity index (χ2n) is 6.47. The van der Waals surface area contributed by atoms with E-state index >= 15 is 0 Å². The molecule has 2 rings (SSSR count). The van der Waals surface area contributed by atoms with E-state index in [9.17, 15) is 23.1 Å². The van der Waals surface area contributed by atoms with Crippen LogP contribution in [0, 0.1) is 0 Å². The first-order valence-corrected chi connectivity index (χ1v) is 9.47. The highest BCUT2D eigenvalue weighted by molar-refractivity contribution is 6.31. The first-order chi connectivity index (χ1) is 14.6. The number of amides is 2. The van der Waals surface area contributed by atoms with Crippen molar-refractivity contribution >= 4 is 17.6 Å². The number of methoxy groups -OCH3 is 1. The summed E-state index contributed by atoms with van der Waals surface area (Å²) in [7, 11) is 1.41. The third kappa shape index (κ3) is 7.50. The molecule has 31 heavy (non-hydrogen) atoms. The highest BCUT2D eigenvalue weighted by Gasteiger charge is 2.29. The van der Waals surface area contributed by atoms with Gasteiger partial charge in [-0.15, -0.1) is 0 Å². The van der Waals surface area contributed by atoms with Crippen LogP contribution in [-0.2, 0) is 19.3 Å². The lowest BCUT2D eigenvalue weighted by molar-refractivity contribution is -0.137. The van der Waals surface area contributed by atoms with E-state index in [-0.39, 0.29) is 30.5 Å². The van der Waals surface area contributed by atoms with Crippen molar-refractivity contribution in [3.05, 3.63) is 58.1 Å². The van der Waals surface area contributed by atoms with Crippen LogP contribution >= 0.6 is 11.6 Å². The fraction of sp³-hybridized carbons (Fsp3) is 0.350. The van der Waals surface area contributed by atoms with Gasteiger partial charge in [0.05, 0.1) is 19.3 Å². The fourth-order valence-electron chi connectivity index (χ4n) is 2.46. The predicted molar refractivity (Wildman–Crippen MR) is 107 cm³/mol. The van der Waals surface area contributed by atoms with Gasteiger partial charge < -0.3 is 30.3 Å². The second-order valence-corrected chi connectivity index (χ2v) is 6.88. The molecule has 2 amide bonds. The summed E-state index contributed by atoms with van der Waals surface area (Å²) in [5.74, 6) is 0.576. The van der Waals surface area contributed by atoms with Crippen molar-refractivity contribution in [1.29, 1.82) is 0 Å². The van der Waals surface area contributed by atoms with Crippen LogP contribution in [0.2, 0.25) is 5.02 Å². The van der Waals surface area contributed by atoms with E-state index in [4.69, 9.17) is 26.2 Å². The lowest BCUT2D eigenvalue weighted by atomic mass is 10.1. The van der Waals surface area contributed by atoms with Crippen molar-refractivity contribution in [2.75, 3.05) is 20.3 Å². The summed E-state index contributed by atoms with van der Waals surface area (Å²) in [4.78, 5) is 12.0. The number of ether oxygens (including phenoxy) is 2. The molecule has 170 valence electrons. The van der Waals surface area contributed by atoms with Crippen LogP contribution < -0.4 is 20.1 Å². The molecule has 4 N–H and O–H groups in total. The van der Waals surface area contributed by atoms with Gasteiger partial charge in [-0.05, 0) is 29.3 Å². The maximum Gasteiger partial charge on any atom is 0.416 e. The Hall–Kier alpha value is -2.69. The molecule has 1 atom stereocenters. The number of urea groups is 1. The fourth-order valence-corrected chi connectivity index (χ4v) is 2.68. The molecule has 0 unspecified atom stereocenters. The molecule has 0 aromatic heterocycles. The van der Waals surface area contributed by atoms with Crippen LogP contribution in [0.4, 0.5) is 18.0 Å². The number of aliphatic hydroxyl groups is 2. The zero-order chi connectivity index (χ0) is 23.0. The van der Waals surface area contributed by atoms with E-state index in [2.05, 4.69) is 10.6 Å². The van der Waals surface area contributed by atoms with Crippen molar-refractivity contribution in [3.63, 3.8) is 0 Å². The van der Waals surface area contributed by atoms with Gasteiger partial charge in [0.2, 0.25) is 0 Å². The number of benzene rings is 2. The lowest BCUT2D eigenvalue weighted by Crippen LogP contribution is -2.34. The van der Waals surface area contributed by atoms with Crippen molar-refractivity contribution in [2.45, 2.75) is 25.4 Å². The molecule has 11 heteroatoms. The highest BCUT2D eigenvalue weighted by Crippen LogP contribution is 2.33. The average molecular weight is 463 g/mol. The minimum atomic E-state index is -4.41. The molecule has 0 aliphatic rings. The van der Waals surface area contributed by atoms with Gasteiger partial charge in [0, 0.05) is 24.2 Å². The zero-order valence-electron chi connectivity index (χ0n) is 16.5. The highest BCUT2D eigenvalue weighted by atomic mass is 35.5. The smallest absolute Gasteiger partial charge is 0.416 e. The molecule has 0 fully saturated rings. The third-order valence-electron chi connectivity index (χ3n) is 4.15. The van der Waals surface area contributed by atoms with Crippen LogP contribution in [0.25, 0.3) is 0 Å². The Balaban J connectivity index is 1.90. The van der Waals surface area contributed by atoms with Crippen molar-refractivity contribution in [3.8, 4) is 11.5 Å². The molecule has 2 aromatic rings. The van der Waals surface area contributed by atoms with Gasteiger partial charge in [-0.3, -0.25) is 0 Å². The number of halogens is 4. The number of rotatable bonds is 9. The number of carbonyl (C=O) groups excluding carboxylic acids is 1. The van der Waals surface area contributed by atoms with E-state index in [1.807, 2.05) is 0 Å². The van der Waals surface area contributed by atoms with Crippen molar-refractivity contribution in [1.82, 2.24) is 10.6 Å². The van der Waals surface area contributed by atoms with Crippen LogP contribution in [-0.4, -0.2) is 42.7 Å². The average Bonchev–Trinajstić information content (AvgIpc) is 2.74. The maximum atomic E-state index is 12.6. The molecule has 0 aliphatic carbocycles. The van der Waals surface area contributed by atoms with Crippen LogP contribution in [0.5, 0.6) is 11.5 Å². The van der Waals surface area contributed by atoms with Gasteiger partial charge in [-0.1, -0.05) is 23.7 Å². The Labute approximate surface area is 181 Å². The molecule has 2 aromatic carbocycles. The van der Waals surface area contributed by atoms with Gasteiger partial charge in [0.15, 0.2) is 11.5 Å². The summed E-state index contributed by atoms with van der Waals surface area (Å²) in [6.45, 7) is -0.526. The Morgan fingerprint density at radius 2 is 1.77 bits per heavy atom. The summed E-state index contributed by atoms with van der Waals surface area (Å²) in [5.41, 5.74) is 0.273. The van der Waals surface area contributed by atoms with Crippen molar-refractivity contribution < 1.29 is 37.7 Å². The number of alkyl halides is 3. The van der Waals surface area contributed by atoms with Gasteiger partial charge >= 0.3 is 12.2 Å². The largest absolute Gasteiger partial charge is 0.493 e. The predicted octanol–water partition coefficient (Wildman–Crippen LogP) is 3.10. The molecular formula is C20H22ClF3N2O5. The number of hydrogen-bond donors (Lipinski definition) is 4. The summed E-state index contributed by atoms with van der Waals surface area (Å²) in [5, 5.41) is 23.6. The van der Waals surface area contributed by atoms with E-state index in [0.717, 1.165) is 12.1 Å². The minimum Gasteiger partial charge on any atom is -0.493 e. The quantitative estimate of drug-likeness (QED) is 0.459. The SMILES string of the molecule is COc1cc(CNC(=O)NCc2ccc(C(F)(F)F)cc2)c(Cl)cc1OC[C@H](O)CO. The lowest BCUT2D eigenvalue weighted by Gasteiger charge is -2.16. The zero-order valence-corrected chi connectivity index (χ0v) is 17.3. The molecule has 7 nitrogen and oxygen atoms in total. The molecule has 0 heterocycles. The monoisotopic (exact) mass is 462 g/mol. The first kappa shape index (κ1) is 24.6. The molecular weight excluding hydrogens is 441 g/mol. The van der Waals surface area contributed by atoms with Gasteiger partial charge in [-0.2, -0.15) is 13.2 Å². The van der Waals surface area contributed by atoms with E-state index in [0.29, 0.717) is 16.9 Å². The van der Waals surface area contributed by atoms with Crippen molar-refractivity contribution in [2.24, 2.45) is 0 Å². The van der Waals surface area contributed by atoms with Gasteiger partial charge in [-0.25, -0.2) is 4.79 Å². The molecule has 0 spiro atoms. The molecule has 0 radical (unpaired) electrons. The summed E-state index contributed by atoms with van der Waals surface area (Å²) >= 11 is 6.20. The normalized spacial score (nSPS) is 12.2. The van der Waals surface area contributed by atoms with Gasteiger partial charge in [0.25, 0.3) is 0 Å².